The number of carbonyl (C=O) groups excluding carboxylic acids is 1. The van der Waals surface area contributed by atoms with Crippen LogP contribution in [0.3, 0.4) is 0 Å². The van der Waals surface area contributed by atoms with E-state index < -0.39 is 0 Å². The summed E-state index contributed by atoms with van der Waals surface area (Å²) in [5.41, 5.74) is 7.60. The van der Waals surface area contributed by atoms with Gasteiger partial charge in [0, 0.05) is 9.61 Å². The summed E-state index contributed by atoms with van der Waals surface area (Å²) < 4.78 is 6.36. The molecule has 1 unspecified atom stereocenters. The second-order valence-corrected chi connectivity index (χ2v) is 7.30. The van der Waals surface area contributed by atoms with Crippen LogP contribution in [-0.4, -0.2) is 12.6 Å². The Hall–Kier alpha value is -0.620. The van der Waals surface area contributed by atoms with Crippen LogP contribution in [0.2, 0.25) is 0 Å². The summed E-state index contributed by atoms with van der Waals surface area (Å²) in [6.45, 7) is 2.31. The lowest BCUT2D eigenvalue weighted by Crippen LogP contribution is -2.27. The molecule has 0 bridgehead atoms. The molecule has 0 aromatic heterocycles. The minimum Gasteiger partial charge on any atom is -0.466 e. The predicted molar refractivity (Wildman–Crippen MR) is 92.9 cm³/mol. The molecule has 2 rings (SSSR count). The standard InChI is InChI=1S/C17H24INO2/c1-2-21-16(20)12-17(9-3-4-10-17)11-15(19)13-5-7-14(18)8-6-13/h5-8,15H,2-4,9-12,19H2,1H3. The van der Waals surface area contributed by atoms with Gasteiger partial charge >= 0.3 is 5.97 Å². The highest BCUT2D eigenvalue weighted by atomic mass is 127. The van der Waals surface area contributed by atoms with Crippen LogP contribution in [-0.2, 0) is 9.53 Å². The molecular weight excluding hydrogens is 377 g/mol. The van der Waals surface area contributed by atoms with Gasteiger partial charge in [-0.25, -0.2) is 0 Å². The van der Waals surface area contributed by atoms with Crippen molar-refractivity contribution in [1.82, 2.24) is 0 Å². The maximum atomic E-state index is 11.9. The van der Waals surface area contributed by atoms with Gasteiger partial charge in [-0.3, -0.25) is 4.79 Å². The number of ether oxygens (including phenoxy) is 1. The summed E-state index contributed by atoms with van der Waals surface area (Å²) in [4.78, 5) is 11.9. The van der Waals surface area contributed by atoms with Gasteiger partial charge < -0.3 is 10.5 Å². The smallest absolute Gasteiger partial charge is 0.306 e. The third-order valence-corrected chi connectivity index (χ3v) is 5.16. The Morgan fingerprint density at radius 1 is 1.33 bits per heavy atom. The Bertz CT molecular complexity index is 466. The van der Waals surface area contributed by atoms with E-state index >= 15 is 0 Å². The van der Waals surface area contributed by atoms with Gasteiger partial charge in [0.05, 0.1) is 13.0 Å². The molecule has 1 atom stereocenters. The van der Waals surface area contributed by atoms with E-state index in [1.54, 1.807) is 0 Å². The fraction of sp³-hybridized carbons (Fsp3) is 0.588. The van der Waals surface area contributed by atoms with Gasteiger partial charge in [0.25, 0.3) is 0 Å². The summed E-state index contributed by atoms with van der Waals surface area (Å²) in [6, 6.07) is 8.36. The second-order valence-electron chi connectivity index (χ2n) is 6.05. The topological polar surface area (TPSA) is 52.3 Å². The zero-order chi connectivity index (χ0) is 15.3. The third-order valence-electron chi connectivity index (χ3n) is 4.44. The second kappa shape index (κ2) is 7.58. The van der Waals surface area contributed by atoms with Crippen molar-refractivity contribution in [3.05, 3.63) is 33.4 Å². The van der Waals surface area contributed by atoms with Gasteiger partial charge in [0.2, 0.25) is 0 Å². The van der Waals surface area contributed by atoms with Gasteiger partial charge in [0.15, 0.2) is 0 Å². The van der Waals surface area contributed by atoms with Gasteiger partial charge in [-0.2, -0.15) is 0 Å². The number of benzene rings is 1. The molecule has 1 saturated carbocycles. The van der Waals surface area contributed by atoms with Crippen LogP contribution >= 0.6 is 22.6 Å². The molecule has 1 fully saturated rings. The lowest BCUT2D eigenvalue weighted by Gasteiger charge is -2.31. The minimum atomic E-state index is -0.0748. The monoisotopic (exact) mass is 401 g/mol. The molecule has 0 aliphatic heterocycles. The highest BCUT2D eigenvalue weighted by Crippen LogP contribution is 2.47. The number of halogens is 1. The lowest BCUT2D eigenvalue weighted by atomic mass is 9.76. The van der Waals surface area contributed by atoms with Crippen LogP contribution in [0.1, 0.15) is 57.1 Å². The number of rotatable bonds is 6. The molecule has 1 aliphatic carbocycles. The summed E-state index contributed by atoms with van der Waals surface area (Å²) in [5.74, 6) is -0.0748. The summed E-state index contributed by atoms with van der Waals surface area (Å²) >= 11 is 2.30. The maximum absolute atomic E-state index is 11.9. The van der Waals surface area contributed by atoms with E-state index in [2.05, 4.69) is 46.9 Å². The van der Waals surface area contributed by atoms with E-state index in [0.29, 0.717) is 13.0 Å². The van der Waals surface area contributed by atoms with Gasteiger partial charge in [-0.05, 0) is 71.9 Å². The van der Waals surface area contributed by atoms with Crippen LogP contribution in [0.5, 0.6) is 0 Å². The fourth-order valence-electron chi connectivity index (χ4n) is 3.39. The van der Waals surface area contributed by atoms with Crippen molar-refractivity contribution in [3.63, 3.8) is 0 Å². The molecule has 1 aromatic rings. The van der Waals surface area contributed by atoms with E-state index in [1.165, 1.54) is 16.4 Å². The van der Waals surface area contributed by atoms with Crippen LogP contribution in [0.4, 0.5) is 0 Å². The van der Waals surface area contributed by atoms with Crippen LogP contribution in [0.25, 0.3) is 0 Å². The molecule has 1 aromatic carbocycles. The normalized spacial score (nSPS) is 18.4. The number of esters is 1. The van der Waals surface area contributed by atoms with Crippen molar-refractivity contribution in [2.75, 3.05) is 6.61 Å². The highest BCUT2D eigenvalue weighted by Gasteiger charge is 2.38. The highest BCUT2D eigenvalue weighted by molar-refractivity contribution is 14.1. The molecule has 1 aliphatic rings. The predicted octanol–water partition coefficient (Wildman–Crippen LogP) is 4.19. The van der Waals surface area contributed by atoms with Crippen LogP contribution in [0, 0.1) is 8.99 Å². The van der Waals surface area contributed by atoms with E-state index in [9.17, 15) is 4.79 Å². The Kier molecular flexibility index (Phi) is 6.05. The quantitative estimate of drug-likeness (QED) is 0.575. The molecule has 0 radical (unpaired) electrons. The molecular formula is C17H24INO2. The molecule has 0 heterocycles. The van der Waals surface area contributed by atoms with Crippen molar-refractivity contribution in [1.29, 1.82) is 0 Å². The maximum Gasteiger partial charge on any atom is 0.306 e. The molecule has 0 saturated heterocycles. The van der Waals surface area contributed by atoms with E-state index in [4.69, 9.17) is 10.5 Å². The lowest BCUT2D eigenvalue weighted by molar-refractivity contribution is -0.146. The zero-order valence-electron chi connectivity index (χ0n) is 12.6. The Balaban J connectivity index is 2.05. The Morgan fingerprint density at radius 2 is 1.95 bits per heavy atom. The first-order valence-corrected chi connectivity index (χ1v) is 8.79. The summed E-state index contributed by atoms with van der Waals surface area (Å²) in [5, 5.41) is 0. The third kappa shape index (κ3) is 4.68. The van der Waals surface area contributed by atoms with Crippen LogP contribution < -0.4 is 5.73 Å². The van der Waals surface area contributed by atoms with Crippen molar-refractivity contribution >= 4 is 28.6 Å². The molecule has 4 heteroatoms. The Morgan fingerprint density at radius 3 is 2.52 bits per heavy atom. The van der Waals surface area contributed by atoms with E-state index in [1.807, 2.05) is 6.92 Å². The first-order chi connectivity index (χ1) is 10.0. The van der Waals surface area contributed by atoms with Gasteiger partial charge in [0.1, 0.15) is 0 Å². The zero-order valence-corrected chi connectivity index (χ0v) is 14.8. The van der Waals surface area contributed by atoms with Gasteiger partial charge in [-0.15, -0.1) is 0 Å². The SMILES string of the molecule is CCOC(=O)CC1(CC(N)c2ccc(I)cc2)CCCC1. The molecule has 21 heavy (non-hydrogen) atoms. The average molecular weight is 401 g/mol. The number of hydrogen-bond acceptors (Lipinski definition) is 3. The number of nitrogens with two attached hydrogens (primary N) is 1. The van der Waals surface area contributed by atoms with E-state index in [-0.39, 0.29) is 17.4 Å². The largest absolute Gasteiger partial charge is 0.466 e. The molecule has 2 N–H and O–H groups in total. The molecule has 0 amide bonds. The first kappa shape index (κ1) is 16.7. The summed E-state index contributed by atoms with van der Waals surface area (Å²) in [7, 11) is 0. The van der Waals surface area contributed by atoms with Gasteiger partial charge in [-0.1, -0.05) is 25.0 Å². The van der Waals surface area contributed by atoms with Crippen molar-refractivity contribution in [2.45, 2.75) is 51.5 Å². The minimum absolute atomic E-state index is 0.00507. The van der Waals surface area contributed by atoms with Crippen molar-refractivity contribution in [2.24, 2.45) is 11.1 Å². The first-order valence-electron chi connectivity index (χ1n) is 7.71. The molecule has 3 nitrogen and oxygen atoms in total. The molecule has 116 valence electrons. The van der Waals surface area contributed by atoms with Crippen molar-refractivity contribution in [3.8, 4) is 0 Å². The average Bonchev–Trinajstić information content (AvgIpc) is 2.87. The molecule has 0 spiro atoms. The van der Waals surface area contributed by atoms with Crippen molar-refractivity contribution < 1.29 is 9.53 Å². The van der Waals surface area contributed by atoms with Crippen LogP contribution in [0.15, 0.2) is 24.3 Å². The fourth-order valence-corrected chi connectivity index (χ4v) is 3.75. The number of carbonyl (C=O) groups is 1. The number of hydrogen-bond donors (Lipinski definition) is 1. The Labute approximate surface area is 140 Å². The van der Waals surface area contributed by atoms with E-state index in [0.717, 1.165) is 24.8 Å². The summed E-state index contributed by atoms with van der Waals surface area (Å²) in [6.07, 6.45) is 5.94.